The number of aryl methyl sites for hydroxylation is 1. The summed E-state index contributed by atoms with van der Waals surface area (Å²) in [4.78, 5) is 27.5. The Balaban J connectivity index is 2.23. The number of amides is 2. The third-order valence-electron chi connectivity index (χ3n) is 4.61. The second-order valence-corrected chi connectivity index (χ2v) is 6.88. The molecule has 0 aliphatic heterocycles. The minimum absolute atomic E-state index is 0.0275. The Morgan fingerprint density at radius 2 is 1.63 bits per heavy atom. The van der Waals surface area contributed by atoms with Gasteiger partial charge in [0.2, 0.25) is 11.8 Å². The smallest absolute Gasteiger partial charge is 0.242 e. The molecule has 1 N–H and O–H groups in total. The average Bonchev–Trinajstić information content (AvgIpc) is 2.68. The van der Waals surface area contributed by atoms with Crippen molar-refractivity contribution in [2.45, 2.75) is 52.6 Å². The first kappa shape index (κ1) is 20.7. The lowest BCUT2D eigenvalue weighted by molar-refractivity contribution is -0.140. The normalized spacial score (nSPS) is 11.7. The zero-order valence-corrected chi connectivity index (χ0v) is 16.6. The Morgan fingerprint density at radius 1 is 0.963 bits per heavy atom. The standard InChI is InChI=1S/C23H30N2O2/c1-4-15-24-23(27)21(5-2)25(17-20-13-11-18(3)12-14-20)22(26)16-19-9-7-6-8-10-19/h6-14,21H,4-5,15-17H2,1-3H3,(H,24,27)/t21-/m1/s1. The lowest BCUT2D eigenvalue weighted by atomic mass is 10.1. The van der Waals surface area contributed by atoms with Gasteiger partial charge < -0.3 is 10.2 Å². The van der Waals surface area contributed by atoms with Gasteiger partial charge in [0.1, 0.15) is 6.04 Å². The van der Waals surface area contributed by atoms with E-state index in [-0.39, 0.29) is 11.8 Å². The molecule has 4 nitrogen and oxygen atoms in total. The Hall–Kier alpha value is -2.62. The zero-order chi connectivity index (χ0) is 19.6. The van der Waals surface area contributed by atoms with E-state index in [1.54, 1.807) is 4.90 Å². The molecule has 2 amide bonds. The third kappa shape index (κ3) is 6.24. The molecule has 27 heavy (non-hydrogen) atoms. The van der Waals surface area contributed by atoms with Crippen molar-refractivity contribution in [1.29, 1.82) is 0 Å². The molecule has 2 aromatic carbocycles. The number of hydrogen-bond acceptors (Lipinski definition) is 2. The summed E-state index contributed by atoms with van der Waals surface area (Å²) in [6.07, 6.45) is 1.75. The number of rotatable bonds is 9. The first-order valence-electron chi connectivity index (χ1n) is 9.71. The minimum Gasteiger partial charge on any atom is -0.354 e. The highest BCUT2D eigenvalue weighted by Gasteiger charge is 2.28. The maximum absolute atomic E-state index is 13.1. The number of hydrogen-bond donors (Lipinski definition) is 1. The van der Waals surface area contributed by atoms with Gasteiger partial charge in [-0.2, -0.15) is 0 Å². The molecule has 144 valence electrons. The minimum atomic E-state index is -0.464. The first-order chi connectivity index (χ1) is 13.0. The van der Waals surface area contributed by atoms with Crippen molar-refractivity contribution >= 4 is 11.8 Å². The van der Waals surface area contributed by atoms with Crippen molar-refractivity contribution in [2.75, 3.05) is 6.54 Å². The summed E-state index contributed by atoms with van der Waals surface area (Å²) in [6, 6.07) is 17.3. The van der Waals surface area contributed by atoms with E-state index in [0.717, 1.165) is 17.5 Å². The number of carbonyl (C=O) groups is 2. The van der Waals surface area contributed by atoms with Crippen LogP contribution in [0.3, 0.4) is 0 Å². The molecule has 0 radical (unpaired) electrons. The van der Waals surface area contributed by atoms with Gasteiger partial charge >= 0.3 is 0 Å². The molecule has 0 aromatic heterocycles. The monoisotopic (exact) mass is 366 g/mol. The van der Waals surface area contributed by atoms with Gasteiger partial charge in [-0.3, -0.25) is 9.59 Å². The quantitative estimate of drug-likeness (QED) is 0.732. The van der Waals surface area contributed by atoms with Crippen LogP contribution in [0.2, 0.25) is 0 Å². The van der Waals surface area contributed by atoms with E-state index in [2.05, 4.69) is 5.32 Å². The van der Waals surface area contributed by atoms with Crippen LogP contribution in [0, 0.1) is 6.92 Å². The van der Waals surface area contributed by atoms with Crippen LogP contribution in [-0.4, -0.2) is 29.3 Å². The van der Waals surface area contributed by atoms with Crippen LogP contribution in [0.15, 0.2) is 54.6 Å². The summed E-state index contributed by atoms with van der Waals surface area (Å²) >= 11 is 0. The van der Waals surface area contributed by atoms with Crippen molar-refractivity contribution < 1.29 is 9.59 Å². The van der Waals surface area contributed by atoms with Crippen molar-refractivity contribution in [2.24, 2.45) is 0 Å². The van der Waals surface area contributed by atoms with E-state index in [1.165, 1.54) is 5.56 Å². The van der Waals surface area contributed by atoms with Gasteiger partial charge in [-0.15, -0.1) is 0 Å². The Morgan fingerprint density at radius 3 is 2.22 bits per heavy atom. The van der Waals surface area contributed by atoms with Crippen LogP contribution >= 0.6 is 0 Å². The number of carbonyl (C=O) groups excluding carboxylic acids is 2. The molecule has 4 heteroatoms. The van der Waals surface area contributed by atoms with Crippen molar-refractivity contribution in [3.05, 3.63) is 71.3 Å². The summed E-state index contributed by atoms with van der Waals surface area (Å²) in [7, 11) is 0. The molecule has 0 saturated heterocycles. The SMILES string of the molecule is CCCNC(=O)[C@@H](CC)N(Cc1ccc(C)cc1)C(=O)Cc1ccccc1. The molecule has 0 heterocycles. The van der Waals surface area contributed by atoms with E-state index in [0.29, 0.717) is 25.9 Å². The van der Waals surface area contributed by atoms with Crippen LogP contribution < -0.4 is 5.32 Å². The van der Waals surface area contributed by atoms with E-state index in [9.17, 15) is 9.59 Å². The summed E-state index contributed by atoms with van der Waals surface area (Å²) in [5, 5.41) is 2.94. The van der Waals surface area contributed by atoms with Gasteiger partial charge in [-0.05, 0) is 30.9 Å². The van der Waals surface area contributed by atoms with Gasteiger partial charge in [0, 0.05) is 13.1 Å². The molecule has 0 fully saturated rings. The summed E-state index contributed by atoms with van der Waals surface area (Å²) in [5.41, 5.74) is 3.16. The summed E-state index contributed by atoms with van der Waals surface area (Å²) < 4.78 is 0. The topological polar surface area (TPSA) is 49.4 Å². The predicted molar refractivity (Wildman–Crippen MR) is 109 cm³/mol. The number of nitrogens with one attached hydrogen (secondary N) is 1. The van der Waals surface area contributed by atoms with Gasteiger partial charge in [0.05, 0.1) is 6.42 Å². The third-order valence-corrected chi connectivity index (χ3v) is 4.61. The van der Waals surface area contributed by atoms with Gasteiger partial charge in [-0.1, -0.05) is 74.0 Å². The molecule has 0 aliphatic carbocycles. The Kier molecular flexibility index (Phi) is 8.05. The fraction of sp³-hybridized carbons (Fsp3) is 0.391. The number of nitrogens with zero attached hydrogens (tertiary/aromatic N) is 1. The molecular formula is C23H30N2O2. The summed E-state index contributed by atoms with van der Waals surface area (Å²) in [5.74, 6) is -0.104. The first-order valence-corrected chi connectivity index (χ1v) is 9.71. The molecule has 0 aliphatic rings. The molecule has 2 aromatic rings. The van der Waals surface area contributed by atoms with E-state index in [1.807, 2.05) is 75.4 Å². The fourth-order valence-electron chi connectivity index (χ4n) is 3.05. The average molecular weight is 367 g/mol. The van der Waals surface area contributed by atoms with Crippen LogP contribution in [0.4, 0.5) is 0 Å². The highest BCUT2D eigenvalue weighted by atomic mass is 16.2. The van der Waals surface area contributed by atoms with E-state index >= 15 is 0 Å². The van der Waals surface area contributed by atoms with Crippen LogP contribution in [0.5, 0.6) is 0 Å². The molecule has 2 rings (SSSR count). The largest absolute Gasteiger partial charge is 0.354 e. The van der Waals surface area contributed by atoms with Crippen molar-refractivity contribution in [3.8, 4) is 0 Å². The molecular weight excluding hydrogens is 336 g/mol. The maximum Gasteiger partial charge on any atom is 0.242 e. The highest BCUT2D eigenvalue weighted by molar-refractivity contribution is 5.88. The van der Waals surface area contributed by atoms with Crippen LogP contribution in [-0.2, 0) is 22.6 Å². The van der Waals surface area contributed by atoms with Gasteiger partial charge in [-0.25, -0.2) is 0 Å². The van der Waals surface area contributed by atoms with Gasteiger partial charge in [0.25, 0.3) is 0 Å². The molecule has 0 bridgehead atoms. The van der Waals surface area contributed by atoms with Crippen molar-refractivity contribution in [1.82, 2.24) is 10.2 Å². The lowest BCUT2D eigenvalue weighted by Gasteiger charge is -2.31. The second-order valence-electron chi connectivity index (χ2n) is 6.88. The van der Waals surface area contributed by atoms with Crippen LogP contribution in [0.25, 0.3) is 0 Å². The van der Waals surface area contributed by atoms with Crippen LogP contribution in [0.1, 0.15) is 43.4 Å². The van der Waals surface area contributed by atoms with Crippen molar-refractivity contribution in [3.63, 3.8) is 0 Å². The fourth-order valence-corrected chi connectivity index (χ4v) is 3.05. The molecule has 1 atom stereocenters. The molecule has 0 unspecified atom stereocenters. The lowest BCUT2D eigenvalue weighted by Crippen LogP contribution is -2.49. The molecule has 0 saturated carbocycles. The predicted octanol–water partition coefficient (Wildman–Crippen LogP) is 3.87. The van der Waals surface area contributed by atoms with Gasteiger partial charge in [0.15, 0.2) is 0 Å². The highest BCUT2D eigenvalue weighted by Crippen LogP contribution is 2.15. The van der Waals surface area contributed by atoms with E-state index < -0.39 is 6.04 Å². The number of benzene rings is 2. The zero-order valence-electron chi connectivity index (χ0n) is 16.6. The Bertz CT molecular complexity index is 726. The maximum atomic E-state index is 13.1. The molecule has 0 spiro atoms. The second kappa shape index (κ2) is 10.5. The Labute approximate surface area is 162 Å². The van der Waals surface area contributed by atoms with E-state index in [4.69, 9.17) is 0 Å². The summed E-state index contributed by atoms with van der Waals surface area (Å²) in [6.45, 7) is 7.07.